The van der Waals surface area contributed by atoms with Gasteiger partial charge in [0.2, 0.25) is 5.91 Å². The number of carbonyl (C=O) groups excluding carboxylic acids is 1. The maximum atomic E-state index is 12.0. The van der Waals surface area contributed by atoms with Gasteiger partial charge in [-0.1, -0.05) is 70.4 Å². The van der Waals surface area contributed by atoms with E-state index >= 15 is 0 Å². The number of unbranched alkanes of at least 4 members (excludes halogenated alkanes) is 8. The van der Waals surface area contributed by atoms with Crippen molar-refractivity contribution in [2.75, 3.05) is 0 Å². The molecular formula is C21H33NNaO4. The maximum absolute atomic E-state index is 12.0. The second kappa shape index (κ2) is 16.0. The summed E-state index contributed by atoms with van der Waals surface area (Å²) in [6.07, 6.45) is 11.2. The van der Waals surface area contributed by atoms with Crippen LogP contribution in [0.2, 0.25) is 0 Å². The zero-order valence-corrected chi connectivity index (χ0v) is 18.9. The molecule has 0 fully saturated rings. The summed E-state index contributed by atoms with van der Waals surface area (Å²) in [5.74, 6) is -1.12. The van der Waals surface area contributed by atoms with Gasteiger partial charge in [-0.25, -0.2) is 4.79 Å². The summed E-state index contributed by atoms with van der Waals surface area (Å²) >= 11 is 0. The number of carboxylic acids is 1. The van der Waals surface area contributed by atoms with Crippen LogP contribution in [0.4, 0.5) is 0 Å². The number of aromatic hydroxyl groups is 1. The van der Waals surface area contributed by atoms with E-state index in [1.165, 1.54) is 50.7 Å². The third kappa shape index (κ3) is 12.9. The Labute approximate surface area is 185 Å². The summed E-state index contributed by atoms with van der Waals surface area (Å²) in [7, 11) is 0. The average Bonchev–Trinajstić information content (AvgIpc) is 2.61. The summed E-state index contributed by atoms with van der Waals surface area (Å²) in [5.41, 5.74) is 0.763. The molecule has 0 aliphatic rings. The fraction of sp³-hybridized carbons (Fsp3) is 0.619. The van der Waals surface area contributed by atoms with E-state index in [1.54, 1.807) is 12.1 Å². The Morgan fingerprint density at radius 3 is 1.96 bits per heavy atom. The van der Waals surface area contributed by atoms with Crippen LogP contribution in [0.1, 0.15) is 76.7 Å². The maximum Gasteiger partial charge on any atom is 0.326 e. The van der Waals surface area contributed by atoms with E-state index in [-0.39, 0.29) is 47.6 Å². The quantitative estimate of drug-likeness (QED) is 0.333. The molecule has 0 aliphatic heterocycles. The van der Waals surface area contributed by atoms with Crippen LogP contribution in [0.15, 0.2) is 24.3 Å². The molecule has 0 saturated carbocycles. The van der Waals surface area contributed by atoms with Gasteiger partial charge in [-0.2, -0.15) is 0 Å². The number of phenolic OH excluding ortho intramolecular Hbond substituents is 1. The average molecular weight is 386 g/mol. The van der Waals surface area contributed by atoms with Gasteiger partial charge in [-0.3, -0.25) is 4.79 Å². The summed E-state index contributed by atoms with van der Waals surface area (Å²) < 4.78 is 0. The monoisotopic (exact) mass is 386 g/mol. The van der Waals surface area contributed by atoms with Crippen molar-refractivity contribution in [3.05, 3.63) is 29.8 Å². The molecule has 0 unspecified atom stereocenters. The second-order valence-corrected chi connectivity index (χ2v) is 6.91. The van der Waals surface area contributed by atoms with Crippen LogP contribution < -0.4 is 5.32 Å². The number of nitrogens with one attached hydrogen (secondary N) is 1. The third-order valence-corrected chi connectivity index (χ3v) is 4.52. The van der Waals surface area contributed by atoms with Crippen molar-refractivity contribution in [3.8, 4) is 5.75 Å². The molecule has 5 nitrogen and oxygen atoms in total. The number of hydrogen-bond donors (Lipinski definition) is 3. The van der Waals surface area contributed by atoms with Crippen LogP contribution in [0.5, 0.6) is 5.75 Å². The van der Waals surface area contributed by atoms with E-state index in [0.717, 1.165) is 24.8 Å². The van der Waals surface area contributed by atoms with Crippen LogP contribution >= 0.6 is 0 Å². The Balaban J connectivity index is 0.00000676. The van der Waals surface area contributed by atoms with E-state index in [9.17, 15) is 19.8 Å². The minimum atomic E-state index is -1.04. The predicted octanol–water partition coefficient (Wildman–Crippen LogP) is 4.04. The Kier molecular flexibility index (Phi) is 15.3. The zero-order chi connectivity index (χ0) is 19.2. The van der Waals surface area contributed by atoms with Gasteiger partial charge < -0.3 is 15.5 Å². The Bertz CT molecular complexity index is 533. The first-order valence-corrected chi connectivity index (χ1v) is 9.83. The van der Waals surface area contributed by atoms with Crippen molar-refractivity contribution in [1.29, 1.82) is 0 Å². The van der Waals surface area contributed by atoms with Crippen molar-refractivity contribution < 1.29 is 19.8 Å². The number of phenols is 1. The molecule has 1 aromatic carbocycles. The molecule has 1 rings (SSSR count). The van der Waals surface area contributed by atoms with Gasteiger partial charge in [-0.15, -0.1) is 0 Å². The predicted molar refractivity (Wildman–Crippen MR) is 109 cm³/mol. The van der Waals surface area contributed by atoms with Crippen LogP contribution in [-0.4, -0.2) is 57.7 Å². The summed E-state index contributed by atoms with van der Waals surface area (Å²) in [5, 5.41) is 21.2. The van der Waals surface area contributed by atoms with E-state index in [4.69, 9.17) is 0 Å². The molecule has 147 valence electrons. The zero-order valence-electron chi connectivity index (χ0n) is 16.9. The summed E-state index contributed by atoms with van der Waals surface area (Å²) in [4.78, 5) is 23.4. The van der Waals surface area contributed by atoms with Gasteiger partial charge in [0, 0.05) is 42.4 Å². The minimum Gasteiger partial charge on any atom is -0.508 e. The number of hydrogen-bond acceptors (Lipinski definition) is 3. The SMILES string of the molecule is CCCCCCCCCCCC(=O)N[C@@H](Cc1ccc(O)cc1)C(=O)O.[Na]. The first-order valence-electron chi connectivity index (χ1n) is 9.83. The van der Waals surface area contributed by atoms with Gasteiger partial charge in [0.1, 0.15) is 11.8 Å². The van der Waals surface area contributed by atoms with Crippen LogP contribution in [-0.2, 0) is 16.0 Å². The largest absolute Gasteiger partial charge is 0.508 e. The Morgan fingerprint density at radius 1 is 0.926 bits per heavy atom. The molecule has 27 heavy (non-hydrogen) atoms. The smallest absolute Gasteiger partial charge is 0.326 e. The molecule has 0 heterocycles. The molecule has 0 spiro atoms. The molecule has 3 N–H and O–H groups in total. The van der Waals surface area contributed by atoms with Crippen LogP contribution in [0, 0.1) is 0 Å². The number of rotatable bonds is 14. The topological polar surface area (TPSA) is 86.6 Å². The molecule has 1 amide bonds. The fourth-order valence-electron chi connectivity index (χ4n) is 2.93. The third-order valence-electron chi connectivity index (χ3n) is 4.52. The Morgan fingerprint density at radius 2 is 1.44 bits per heavy atom. The molecule has 1 aromatic rings. The molecule has 6 heteroatoms. The second-order valence-electron chi connectivity index (χ2n) is 6.91. The number of aliphatic carboxylic acids is 1. The van der Waals surface area contributed by atoms with Crippen molar-refractivity contribution in [1.82, 2.24) is 5.32 Å². The molecule has 1 radical (unpaired) electrons. The number of carbonyl (C=O) groups is 2. The standard InChI is InChI=1S/C21H33NO4.Na/c1-2-3-4-5-6-7-8-9-10-11-20(24)22-19(21(25)26)16-17-12-14-18(23)15-13-17;/h12-15,19,23H,2-11,16H2,1H3,(H,22,24)(H,25,26);/t19-;/m0./s1. The first kappa shape index (κ1) is 26.0. The Hall–Kier alpha value is -1.04. The molecule has 1 atom stereocenters. The van der Waals surface area contributed by atoms with Crippen molar-refractivity contribution in [2.45, 2.75) is 83.6 Å². The van der Waals surface area contributed by atoms with E-state index in [1.807, 2.05) is 0 Å². The molecule has 0 bridgehead atoms. The van der Waals surface area contributed by atoms with E-state index in [0.29, 0.717) is 6.42 Å². The van der Waals surface area contributed by atoms with Crippen LogP contribution in [0.25, 0.3) is 0 Å². The molecular weight excluding hydrogens is 353 g/mol. The fourth-order valence-corrected chi connectivity index (χ4v) is 2.93. The summed E-state index contributed by atoms with van der Waals surface area (Å²) in [6.45, 7) is 2.21. The number of benzene rings is 1. The van der Waals surface area contributed by atoms with E-state index in [2.05, 4.69) is 12.2 Å². The molecule has 0 aromatic heterocycles. The minimum absolute atomic E-state index is 0. The van der Waals surface area contributed by atoms with Gasteiger partial charge in [-0.05, 0) is 24.1 Å². The van der Waals surface area contributed by atoms with Gasteiger partial charge in [0.25, 0.3) is 0 Å². The van der Waals surface area contributed by atoms with Gasteiger partial charge in [0.05, 0.1) is 0 Å². The van der Waals surface area contributed by atoms with Crippen molar-refractivity contribution >= 4 is 41.4 Å². The number of amides is 1. The molecule has 0 saturated heterocycles. The molecule has 0 aliphatic carbocycles. The van der Waals surface area contributed by atoms with Crippen molar-refractivity contribution in [3.63, 3.8) is 0 Å². The van der Waals surface area contributed by atoms with Crippen LogP contribution in [0.3, 0.4) is 0 Å². The first-order chi connectivity index (χ1) is 12.5. The summed E-state index contributed by atoms with van der Waals surface area (Å²) in [6, 6.07) is 5.41. The van der Waals surface area contributed by atoms with Crippen molar-refractivity contribution in [2.24, 2.45) is 0 Å². The normalized spacial score (nSPS) is 11.4. The van der Waals surface area contributed by atoms with Gasteiger partial charge in [0.15, 0.2) is 0 Å². The van der Waals surface area contributed by atoms with Gasteiger partial charge >= 0.3 is 5.97 Å². The van der Waals surface area contributed by atoms with E-state index < -0.39 is 12.0 Å². The number of carboxylic acid groups (broad SMARTS) is 1.